The van der Waals surface area contributed by atoms with Gasteiger partial charge in [-0.2, -0.15) is 0 Å². The van der Waals surface area contributed by atoms with Gasteiger partial charge < -0.3 is 14.8 Å². The van der Waals surface area contributed by atoms with E-state index in [0.717, 1.165) is 12.0 Å². The van der Waals surface area contributed by atoms with E-state index < -0.39 is 5.91 Å². The lowest BCUT2D eigenvalue weighted by Crippen LogP contribution is -2.32. The van der Waals surface area contributed by atoms with E-state index in [1.165, 1.54) is 4.90 Å². The minimum absolute atomic E-state index is 0.224. The lowest BCUT2D eigenvalue weighted by Gasteiger charge is -2.16. The van der Waals surface area contributed by atoms with Crippen LogP contribution in [0, 0.1) is 0 Å². The summed E-state index contributed by atoms with van der Waals surface area (Å²) >= 11 is 0. The first-order valence-electron chi connectivity index (χ1n) is 11.5. The molecule has 0 radical (unpaired) electrons. The van der Waals surface area contributed by atoms with Crippen molar-refractivity contribution in [3.05, 3.63) is 89.6 Å². The third kappa shape index (κ3) is 4.66. The van der Waals surface area contributed by atoms with Crippen molar-refractivity contribution in [2.75, 3.05) is 23.4 Å². The number of anilines is 2. The Bertz CT molecular complexity index is 1210. The molecule has 0 spiro atoms. The van der Waals surface area contributed by atoms with Crippen molar-refractivity contribution in [2.24, 2.45) is 0 Å². The molecule has 1 aliphatic rings. The first-order valence-corrected chi connectivity index (χ1v) is 11.5. The second-order valence-corrected chi connectivity index (χ2v) is 7.76. The van der Waals surface area contributed by atoms with Gasteiger partial charge in [-0.05, 0) is 67.8 Å². The predicted octanol–water partition coefficient (Wildman–Crippen LogP) is 5.44. The molecular formula is C28H28N2O4. The highest BCUT2D eigenvalue weighted by molar-refractivity contribution is 6.46. The summed E-state index contributed by atoms with van der Waals surface area (Å²) in [7, 11) is 0. The Balaban J connectivity index is 1.76. The predicted molar refractivity (Wildman–Crippen MR) is 134 cm³/mol. The summed E-state index contributed by atoms with van der Waals surface area (Å²) in [4.78, 5) is 28.4. The van der Waals surface area contributed by atoms with Crippen LogP contribution in [0.25, 0.3) is 5.57 Å². The van der Waals surface area contributed by atoms with Gasteiger partial charge in [0.25, 0.3) is 11.8 Å². The van der Waals surface area contributed by atoms with Gasteiger partial charge in [0.1, 0.15) is 17.2 Å². The summed E-state index contributed by atoms with van der Waals surface area (Å²) < 4.78 is 11.1. The first-order chi connectivity index (χ1) is 16.5. The highest BCUT2D eigenvalue weighted by Crippen LogP contribution is 2.35. The highest BCUT2D eigenvalue weighted by atomic mass is 16.5. The maximum absolute atomic E-state index is 13.6. The molecule has 0 saturated heterocycles. The molecule has 0 saturated carbocycles. The number of hydrogen-bond donors (Lipinski definition) is 1. The molecule has 3 aromatic rings. The van der Waals surface area contributed by atoms with E-state index >= 15 is 0 Å². The summed E-state index contributed by atoms with van der Waals surface area (Å²) in [6.45, 7) is 6.96. The van der Waals surface area contributed by atoms with E-state index in [1.54, 1.807) is 24.3 Å². The van der Waals surface area contributed by atoms with Gasteiger partial charge in [-0.15, -0.1) is 0 Å². The smallest absolute Gasteiger partial charge is 0.282 e. The number of hydrogen-bond acceptors (Lipinski definition) is 5. The maximum atomic E-state index is 13.6. The molecule has 4 rings (SSSR count). The van der Waals surface area contributed by atoms with Gasteiger partial charge in [0.2, 0.25) is 0 Å². The van der Waals surface area contributed by atoms with Crippen molar-refractivity contribution >= 4 is 28.8 Å². The Hall–Kier alpha value is -4.06. The molecule has 1 heterocycles. The monoisotopic (exact) mass is 456 g/mol. The molecule has 2 amide bonds. The van der Waals surface area contributed by atoms with Crippen LogP contribution in [0.2, 0.25) is 0 Å². The lowest BCUT2D eigenvalue weighted by atomic mass is 10.0. The molecule has 34 heavy (non-hydrogen) atoms. The van der Waals surface area contributed by atoms with Crippen molar-refractivity contribution in [1.82, 2.24) is 0 Å². The summed E-state index contributed by atoms with van der Waals surface area (Å²) in [5.41, 5.74) is 3.51. The molecule has 0 aliphatic carbocycles. The summed E-state index contributed by atoms with van der Waals surface area (Å²) in [6.07, 6.45) is 0.876. The molecule has 1 aliphatic heterocycles. The molecule has 0 fully saturated rings. The summed E-state index contributed by atoms with van der Waals surface area (Å²) in [6, 6.07) is 22.0. The zero-order valence-corrected chi connectivity index (χ0v) is 19.6. The minimum atomic E-state index is -0.403. The Morgan fingerprint density at radius 1 is 0.765 bits per heavy atom. The molecule has 0 bridgehead atoms. The quantitative estimate of drug-likeness (QED) is 0.434. The van der Waals surface area contributed by atoms with Gasteiger partial charge in [-0.25, -0.2) is 4.90 Å². The second kappa shape index (κ2) is 10.3. The largest absolute Gasteiger partial charge is 0.494 e. The van der Waals surface area contributed by atoms with Gasteiger partial charge in [0.05, 0.1) is 24.5 Å². The van der Waals surface area contributed by atoms with E-state index in [1.807, 2.05) is 62.4 Å². The number of imide groups is 1. The van der Waals surface area contributed by atoms with Crippen molar-refractivity contribution in [1.29, 1.82) is 0 Å². The van der Waals surface area contributed by atoms with Gasteiger partial charge in [0.15, 0.2) is 0 Å². The summed E-state index contributed by atoms with van der Waals surface area (Å²) in [5, 5.41) is 3.19. The molecule has 174 valence electrons. The van der Waals surface area contributed by atoms with E-state index in [0.29, 0.717) is 47.2 Å². The Kier molecular flexibility index (Phi) is 6.97. The van der Waals surface area contributed by atoms with Crippen LogP contribution >= 0.6 is 0 Å². The fourth-order valence-electron chi connectivity index (χ4n) is 3.89. The number of carbonyl (C=O) groups is 2. The maximum Gasteiger partial charge on any atom is 0.282 e. The zero-order valence-electron chi connectivity index (χ0n) is 19.6. The first kappa shape index (κ1) is 23.1. The van der Waals surface area contributed by atoms with Crippen molar-refractivity contribution in [3.63, 3.8) is 0 Å². The lowest BCUT2D eigenvalue weighted by molar-refractivity contribution is -0.120. The zero-order chi connectivity index (χ0) is 24.1. The van der Waals surface area contributed by atoms with Gasteiger partial charge >= 0.3 is 0 Å². The number of nitrogens with one attached hydrogen (secondary N) is 1. The number of amides is 2. The SMILES string of the molecule is CCOc1ccc(C2=C(Nc3cccc(OCC)c3)C(=O)N(c3ccc(CC)cc3)C2=O)cc1. The minimum Gasteiger partial charge on any atom is -0.494 e. The fourth-order valence-corrected chi connectivity index (χ4v) is 3.89. The number of ether oxygens (including phenoxy) is 2. The van der Waals surface area contributed by atoms with Gasteiger partial charge in [0, 0.05) is 11.8 Å². The van der Waals surface area contributed by atoms with E-state index in [2.05, 4.69) is 12.2 Å². The van der Waals surface area contributed by atoms with Crippen molar-refractivity contribution in [2.45, 2.75) is 27.2 Å². The van der Waals surface area contributed by atoms with Gasteiger partial charge in [-0.1, -0.05) is 37.3 Å². The molecule has 0 aromatic heterocycles. The van der Waals surface area contributed by atoms with Crippen LogP contribution in [-0.4, -0.2) is 25.0 Å². The number of nitrogens with zero attached hydrogens (tertiary/aromatic N) is 1. The Morgan fingerprint density at radius 2 is 1.44 bits per heavy atom. The van der Waals surface area contributed by atoms with Crippen molar-refractivity contribution < 1.29 is 19.1 Å². The van der Waals surface area contributed by atoms with E-state index in [4.69, 9.17) is 9.47 Å². The van der Waals surface area contributed by atoms with Crippen LogP contribution < -0.4 is 19.7 Å². The van der Waals surface area contributed by atoms with Crippen LogP contribution in [-0.2, 0) is 16.0 Å². The van der Waals surface area contributed by atoms with Crippen LogP contribution in [0.15, 0.2) is 78.5 Å². The van der Waals surface area contributed by atoms with Crippen LogP contribution in [0.4, 0.5) is 11.4 Å². The number of carbonyl (C=O) groups excluding carboxylic acids is 2. The normalized spacial score (nSPS) is 13.4. The average molecular weight is 457 g/mol. The van der Waals surface area contributed by atoms with Crippen molar-refractivity contribution in [3.8, 4) is 11.5 Å². The van der Waals surface area contributed by atoms with Crippen LogP contribution in [0.5, 0.6) is 11.5 Å². The Morgan fingerprint density at radius 3 is 2.09 bits per heavy atom. The molecule has 1 N–H and O–H groups in total. The number of aryl methyl sites for hydroxylation is 1. The van der Waals surface area contributed by atoms with Gasteiger partial charge in [-0.3, -0.25) is 9.59 Å². The molecule has 0 unspecified atom stereocenters. The third-order valence-electron chi connectivity index (χ3n) is 5.56. The third-order valence-corrected chi connectivity index (χ3v) is 5.56. The summed E-state index contributed by atoms with van der Waals surface area (Å²) in [5.74, 6) is 0.607. The fraction of sp³-hybridized carbons (Fsp3) is 0.214. The molecule has 0 atom stereocenters. The second-order valence-electron chi connectivity index (χ2n) is 7.76. The average Bonchev–Trinajstić information content (AvgIpc) is 3.09. The molecular weight excluding hydrogens is 428 g/mol. The van der Waals surface area contributed by atoms with Crippen LogP contribution in [0.1, 0.15) is 31.9 Å². The van der Waals surface area contributed by atoms with E-state index in [-0.39, 0.29) is 11.6 Å². The van der Waals surface area contributed by atoms with Crippen LogP contribution in [0.3, 0.4) is 0 Å². The molecule has 6 heteroatoms. The number of rotatable bonds is 9. The topological polar surface area (TPSA) is 67.9 Å². The van der Waals surface area contributed by atoms with E-state index in [9.17, 15) is 9.59 Å². The highest BCUT2D eigenvalue weighted by Gasteiger charge is 2.40. The number of benzene rings is 3. The molecule has 3 aromatic carbocycles. The molecule has 6 nitrogen and oxygen atoms in total. The Labute approximate surface area is 199 Å². The standard InChI is InChI=1S/C28H28N2O4/c1-4-19-10-14-22(15-11-19)30-27(31)25(20-12-16-23(17-13-20)33-5-2)26(28(30)32)29-21-8-7-9-24(18-21)34-6-3/h7-18,29H,4-6H2,1-3H3.